The van der Waals surface area contributed by atoms with Gasteiger partial charge in [0, 0.05) is 17.2 Å². The maximum Gasteiger partial charge on any atom is 0.166 e. The van der Waals surface area contributed by atoms with Crippen molar-refractivity contribution >= 4 is 23.2 Å². The van der Waals surface area contributed by atoms with E-state index in [1.807, 2.05) is 0 Å². The SMILES string of the molecule is Fc1cc(F)c(F)c(-c2cccc(Cl)c2Cl)c1. The molecule has 0 aliphatic carbocycles. The maximum absolute atomic E-state index is 13.5. The molecule has 2 aromatic rings. The molecule has 0 saturated heterocycles. The number of hydrogen-bond acceptors (Lipinski definition) is 0. The molecule has 0 atom stereocenters. The summed E-state index contributed by atoms with van der Waals surface area (Å²) in [4.78, 5) is 0. The maximum atomic E-state index is 13.5. The Morgan fingerprint density at radius 1 is 0.882 bits per heavy atom. The van der Waals surface area contributed by atoms with E-state index >= 15 is 0 Å². The largest absolute Gasteiger partial charge is 0.207 e. The van der Waals surface area contributed by atoms with Crippen molar-refractivity contribution in [3.63, 3.8) is 0 Å². The molecule has 0 unspecified atom stereocenters. The first-order valence-corrected chi connectivity index (χ1v) is 5.35. The van der Waals surface area contributed by atoms with Gasteiger partial charge in [-0.2, -0.15) is 0 Å². The van der Waals surface area contributed by atoms with Crippen LogP contribution in [0, 0.1) is 17.5 Å². The van der Waals surface area contributed by atoms with Crippen molar-refractivity contribution in [1.82, 2.24) is 0 Å². The van der Waals surface area contributed by atoms with Crippen molar-refractivity contribution < 1.29 is 13.2 Å². The average molecular weight is 277 g/mol. The van der Waals surface area contributed by atoms with Gasteiger partial charge < -0.3 is 0 Å². The highest BCUT2D eigenvalue weighted by Crippen LogP contribution is 2.35. The van der Waals surface area contributed by atoms with Crippen LogP contribution in [0.3, 0.4) is 0 Å². The monoisotopic (exact) mass is 276 g/mol. The van der Waals surface area contributed by atoms with Crippen molar-refractivity contribution in [3.05, 3.63) is 57.8 Å². The number of halogens is 5. The predicted octanol–water partition coefficient (Wildman–Crippen LogP) is 5.08. The lowest BCUT2D eigenvalue weighted by Gasteiger charge is -2.08. The highest BCUT2D eigenvalue weighted by atomic mass is 35.5. The average Bonchev–Trinajstić information content (AvgIpc) is 2.27. The standard InChI is InChI=1S/C12H5Cl2F3/c13-9-3-1-2-7(11(9)14)8-4-6(15)5-10(16)12(8)17/h1-5H. The quantitative estimate of drug-likeness (QED) is 0.638. The normalized spacial score (nSPS) is 10.6. The van der Waals surface area contributed by atoms with Crippen LogP contribution < -0.4 is 0 Å². The summed E-state index contributed by atoms with van der Waals surface area (Å²) in [5.74, 6) is -3.30. The van der Waals surface area contributed by atoms with Crippen molar-refractivity contribution in [2.75, 3.05) is 0 Å². The van der Waals surface area contributed by atoms with Gasteiger partial charge in [0.2, 0.25) is 0 Å². The van der Waals surface area contributed by atoms with Crippen molar-refractivity contribution in [1.29, 1.82) is 0 Å². The first-order chi connectivity index (χ1) is 8.00. The van der Waals surface area contributed by atoms with E-state index in [1.54, 1.807) is 0 Å². The molecule has 0 heterocycles. The Morgan fingerprint density at radius 3 is 2.29 bits per heavy atom. The van der Waals surface area contributed by atoms with Gasteiger partial charge in [-0.15, -0.1) is 0 Å². The van der Waals surface area contributed by atoms with Gasteiger partial charge in [-0.1, -0.05) is 35.3 Å². The fourth-order valence-electron chi connectivity index (χ4n) is 1.46. The summed E-state index contributed by atoms with van der Waals surface area (Å²) in [5.41, 5.74) is -0.106. The zero-order chi connectivity index (χ0) is 12.6. The van der Waals surface area contributed by atoms with Gasteiger partial charge in [-0.3, -0.25) is 0 Å². The van der Waals surface area contributed by atoms with E-state index in [4.69, 9.17) is 23.2 Å². The molecule has 0 radical (unpaired) electrons. The molecule has 0 amide bonds. The lowest BCUT2D eigenvalue weighted by Crippen LogP contribution is -1.93. The van der Waals surface area contributed by atoms with E-state index in [2.05, 4.69) is 0 Å². The van der Waals surface area contributed by atoms with Crippen LogP contribution in [0.1, 0.15) is 0 Å². The zero-order valence-electron chi connectivity index (χ0n) is 8.28. The number of benzene rings is 2. The fraction of sp³-hybridized carbons (Fsp3) is 0. The third-order valence-corrected chi connectivity index (χ3v) is 3.05. The smallest absolute Gasteiger partial charge is 0.166 e. The molecule has 0 fully saturated rings. The van der Waals surface area contributed by atoms with Gasteiger partial charge in [-0.05, 0) is 12.1 Å². The molecule has 5 heteroatoms. The van der Waals surface area contributed by atoms with E-state index < -0.39 is 17.5 Å². The van der Waals surface area contributed by atoms with Gasteiger partial charge in [0.15, 0.2) is 11.6 Å². The molecular formula is C12H5Cl2F3. The van der Waals surface area contributed by atoms with Gasteiger partial charge >= 0.3 is 0 Å². The van der Waals surface area contributed by atoms with Crippen LogP contribution >= 0.6 is 23.2 Å². The van der Waals surface area contributed by atoms with Gasteiger partial charge in [0.05, 0.1) is 10.0 Å². The Balaban J connectivity index is 2.73. The molecule has 88 valence electrons. The lowest BCUT2D eigenvalue weighted by molar-refractivity contribution is 0.497. The fourth-order valence-corrected chi connectivity index (χ4v) is 1.87. The van der Waals surface area contributed by atoms with E-state index in [0.29, 0.717) is 6.07 Å². The van der Waals surface area contributed by atoms with Crippen LogP contribution in [0.15, 0.2) is 30.3 Å². The first-order valence-electron chi connectivity index (χ1n) is 4.59. The summed E-state index contributed by atoms with van der Waals surface area (Å²) in [6.07, 6.45) is 0. The van der Waals surface area contributed by atoms with Crippen molar-refractivity contribution in [2.45, 2.75) is 0 Å². The van der Waals surface area contributed by atoms with Crippen LogP contribution in [0.4, 0.5) is 13.2 Å². The highest BCUT2D eigenvalue weighted by molar-refractivity contribution is 6.43. The second-order valence-electron chi connectivity index (χ2n) is 3.35. The van der Waals surface area contributed by atoms with E-state index in [0.717, 1.165) is 6.07 Å². The van der Waals surface area contributed by atoms with Crippen molar-refractivity contribution in [3.8, 4) is 11.1 Å². The molecule has 0 nitrogen and oxygen atoms in total. The van der Waals surface area contributed by atoms with Crippen LogP contribution in [0.5, 0.6) is 0 Å². The molecule has 0 saturated carbocycles. The molecule has 2 rings (SSSR count). The number of hydrogen-bond donors (Lipinski definition) is 0. The molecule has 0 aromatic heterocycles. The highest BCUT2D eigenvalue weighted by Gasteiger charge is 2.16. The summed E-state index contributed by atoms with van der Waals surface area (Å²) in [7, 11) is 0. The summed E-state index contributed by atoms with van der Waals surface area (Å²) in [5, 5.41) is 0.242. The van der Waals surface area contributed by atoms with E-state index in [9.17, 15) is 13.2 Å². The second kappa shape index (κ2) is 4.59. The third kappa shape index (κ3) is 2.26. The Morgan fingerprint density at radius 2 is 1.59 bits per heavy atom. The Labute approximate surface area is 106 Å². The molecule has 0 aliphatic rings. The van der Waals surface area contributed by atoms with Crippen LogP contribution in [0.2, 0.25) is 10.0 Å². The number of rotatable bonds is 1. The molecule has 0 bridgehead atoms. The molecular weight excluding hydrogens is 272 g/mol. The Bertz CT molecular complexity index is 582. The summed E-state index contributed by atoms with van der Waals surface area (Å²) in [6.45, 7) is 0. The van der Waals surface area contributed by atoms with Gasteiger partial charge in [0.1, 0.15) is 5.82 Å². The minimum absolute atomic E-state index is 0.0538. The van der Waals surface area contributed by atoms with Gasteiger partial charge in [-0.25, -0.2) is 13.2 Å². The predicted molar refractivity (Wildman–Crippen MR) is 61.8 cm³/mol. The lowest BCUT2D eigenvalue weighted by atomic mass is 10.0. The Hall–Kier alpha value is -1.19. The van der Waals surface area contributed by atoms with Gasteiger partial charge in [0.25, 0.3) is 0 Å². The van der Waals surface area contributed by atoms with Crippen LogP contribution in [0.25, 0.3) is 11.1 Å². The summed E-state index contributed by atoms with van der Waals surface area (Å²) in [6, 6.07) is 5.80. The first kappa shape index (κ1) is 12.3. The third-order valence-electron chi connectivity index (χ3n) is 2.23. The van der Waals surface area contributed by atoms with Crippen molar-refractivity contribution in [2.24, 2.45) is 0 Å². The summed E-state index contributed by atoms with van der Waals surface area (Å²) >= 11 is 11.6. The molecule has 0 aliphatic heterocycles. The zero-order valence-corrected chi connectivity index (χ0v) is 9.79. The minimum Gasteiger partial charge on any atom is -0.207 e. The Kier molecular flexibility index (Phi) is 3.31. The second-order valence-corrected chi connectivity index (χ2v) is 4.14. The molecule has 2 aromatic carbocycles. The van der Waals surface area contributed by atoms with Crippen LogP contribution in [-0.4, -0.2) is 0 Å². The molecule has 17 heavy (non-hydrogen) atoms. The summed E-state index contributed by atoms with van der Waals surface area (Å²) < 4.78 is 39.6. The van der Waals surface area contributed by atoms with E-state index in [1.165, 1.54) is 18.2 Å². The minimum atomic E-state index is -1.27. The van der Waals surface area contributed by atoms with Crippen LogP contribution in [-0.2, 0) is 0 Å². The molecule has 0 N–H and O–H groups in total. The molecule has 0 spiro atoms. The van der Waals surface area contributed by atoms with E-state index in [-0.39, 0.29) is 21.2 Å². The topological polar surface area (TPSA) is 0 Å².